The van der Waals surface area contributed by atoms with Gasteiger partial charge in [-0.15, -0.1) is 0 Å². The summed E-state index contributed by atoms with van der Waals surface area (Å²) >= 11 is 6.20. The van der Waals surface area contributed by atoms with Crippen LogP contribution in [0.25, 0.3) is 0 Å². The first kappa shape index (κ1) is 17.8. The molecule has 1 aliphatic rings. The summed E-state index contributed by atoms with van der Waals surface area (Å²) in [5.74, 6) is -0.496. The van der Waals surface area contributed by atoms with Gasteiger partial charge in [0.05, 0.1) is 13.5 Å². The van der Waals surface area contributed by atoms with Gasteiger partial charge in [-0.05, 0) is 42.9 Å². The molecule has 1 N–H and O–H groups in total. The molecule has 0 aromatic heterocycles. The highest BCUT2D eigenvalue weighted by Crippen LogP contribution is 2.35. The van der Waals surface area contributed by atoms with Crippen molar-refractivity contribution in [1.82, 2.24) is 5.32 Å². The number of methoxy groups -OCH3 is 1. The molecule has 2 unspecified atom stereocenters. The molecule has 126 valence electrons. The third kappa shape index (κ3) is 3.86. The molecular formula is C18H24ClNO3. The molecule has 1 aromatic carbocycles. The summed E-state index contributed by atoms with van der Waals surface area (Å²) in [7, 11) is 1.37. The van der Waals surface area contributed by atoms with Gasteiger partial charge in [0.25, 0.3) is 0 Å². The van der Waals surface area contributed by atoms with Crippen LogP contribution in [0.4, 0.5) is 0 Å². The Balaban J connectivity index is 2.16. The van der Waals surface area contributed by atoms with Crippen molar-refractivity contribution in [2.45, 2.75) is 51.5 Å². The Hall–Kier alpha value is -1.55. The van der Waals surface area contributed by atoms with Gasteiger partial charge in [0.1, 0.15) is 5.54 Å². The van der Waals surface area contributed by atoms with E-state index in [2.05, 4.69) is 5.32 Å². The zero-order valence-corrected chi connectivity index (χ0v) is 14.7. The third-order valence-corrected chi connectivity index (χ3v) is 5.12. The topological polar surface area (TPSA) is 55.4 Å². The van der Waals surface area contributed by atoms with Crippen LogP contribution in [0.1, 0.15) is 43.7 Å². The van der Waals surface area contributed by atoms with E-state index in [1.54, 1.807) is 0 Å². The van der Waals surface area contributed by atoms with Crippen LogP contribution in [0.5, 0.6) is 0 Å². The normalized spacial score (nSPS) is 24.1. The van der Waals surface area contributed by atoms with Crippen LogP contribution in [0.15, 0.2) is 18.2 Å². The molecule has 1 fully saturated rings. The quantitative estimate of drug-likeness (QED) is 0.856. The van der Waals surface area contributed by atoms with Gasteiger partial charge in [-0.25, -0.2) is 4.79 Å². The Labute approximate surface area is 142 Å². The zero-order chi connectivity index (χ0) is 17.0. The second-order valence-corrected chi connectivity index (χ2v) is 6.84. The molecule has 5 heteroatoms. The van der Waals surface area contributed by atoms with E-state index in [0.717, 1.165) is 30.4 Å². The Morgan fingerprint density at radius 3 is 2.74 bits per heavy atom. The van der Waals surface area contributed by atoms with Crippen molar-refractivity contribution in [3.05, 3.63) is 34.3 Å². The molecule has 1 amide bonds. The largest absolute Gasteiger partial charge is 0.467 e. The Kier molecular flexibility index (Phi) is 5.69. The molecule has 1 aliphatic carbocycles. The van der Waals surface area contributed by atoms with Crippen LogP contribution in [-0.4, -0.2) is 24.5 Å². The number of carbonyl (C=O) groups excluding carboxylic acids is 2. The molecule has 2 atom stereocenters. The summed E-state index contributed by atoms with van der Waals surface area (Å²) in [6, 6.07) is 5.61. The molecule has 0 bridgehead atoms. The number of hydrogen-bond acceptors (Lipinski definition) is 3. The van der Waals surface area contributed by atoms with E-state index in [-0.39, 0.29) is 24.2 Å². The van der Waals surface area contributed by atoms with Crippen molar-refractivity contribution >= 4 is 23.5 Å². The van der Waals surface area contributed by atoms with Gasteiger partial charge < -0.3 is 10.1 Å². The molecule has 0 aliphatic heterocycles. The van der Waals surface area contributed by atoms with Crippen molar-refractivity contribution in [2.75, 3.05) is 7.11 Å². The molecule has 4 nitrogen and oxygen atoms in total. The van der Waals surface area contributed by atoms with Crippen molar-refractivity contribution in [1.29, 1.82) is 0 Å². The number of rotatable bonds is 4. The lowest BCUT2D eigenvalue weighted by Crippen LogP contribution is -2.60. The van der Waals surface area contributed by atoms with Crippen LogP contribution in [-0.2, 0) is 20.7 Å². The van der Waals surface area contributed by atoms with Gasteiger partial charge in [0.2, 0.25) is 5.91 Å². The second-order valence-electron chi connectivity index (χ2n) is 6.43. The van der Waals surface area contributed by atoms with Crippen LogP contribution in [0.3, 0.4) is 0 Å². The smallest absolute Gasteiger partial charge is 0.331 e. The predicted molar refractivity (Wildman–Crippen MR) is 90.4 cm³/mol. The minimum absolute atomic E-state index is 0.0566. The average Bonchev–Trinajstić information content (AvgIpc) is 2.51. The van der Waals surface area contributed by atoms with Gasteiger partial charge in [0.15, 0.2) is 0 Å². The number of esters is 1. The summed E-state index contributed by atoms with van der Waals surface area (Å²) in [6.45, 7) is 3.95. The predicted octanol–water partition coefficient (Wildman–Crippen LogP) is 3.43. The molecule has 1 saturated carbocycles. The Morgan fingerprint density at radius 2 is 2.13 bits per heavy atom. The van der Waals surface area contributed by atoms with Crippen molar-refractivity contribution < 1.29 is 14.3 Å². The summed E-state index contributed by atoms with van der Waals surface area (Å²) in [5.41, 5.74) is 0.894. The van der Waals surface area contributed by atoms with Crippen LogP contribution < -0.4 is 5.32 Å². The monoisotopic (exact) mass is 337 g/mol. The number of halogens is 1. The number of nitrogens with one attached hydrogen (secondary N) is 1. The third-order valence-electron chi connectivity index (χ3n) is 4.77. The molecule has 0 heterocycles. The highest BCUT2D eigenvalue weighted by atomic mass is 35.5. The van der Waals surface area contributed by atoms with E-state index < -0.39 is 5.54 Å². The van der Waals surface area contributed by atoms with E-state index in [0.29, 0.717) is 11.4 Å². The maximum Gasteiger partial charge on any atom is 0.331 e. The summed E-state index contributed by atoms with van der Waals surface area (Å²) in [5, 5.41) is 3.52. The molecule has 2 rings (SSSR count). The van der Waals surface area contributed by atoms with E-state index in [4.69, 9.17) is 16.3 Å². The Morgan fingerprint density at radius 1 is 1.39 bits per heavy atom. The SMILES string of the molecule is COC(=O)C1(NC(=O)Cc2ccc(C)cc2Cl)CCCCC1C. The molecule has 1 aromatic rings. The fourth-order valence-electron chi connectivity index (χ4n) is 3.33. The van der Waals surface area contributed by atoms with Crippen molar-refractivity contribution in [3.63, 3.8) is 0 Å². The number of carbonyl (C=O) groups is 2. The van der Waals surface area contributed by atoms with Gasteiger partial charge in [0, 0.05) is 5.02 Å². The lowest BCUT2D eigenvalue weighted by Gasteiger charge is -2.40. The van der Waals surface area contributed by atoms with Gasteiger partial charge in [-0.2, -0.15) is 0 Å². The molecular weight excluding hydrogens is 314 g/mol. The number of amides is 1. The molecule has 23 heavy (non-hydrogen) atoms. The highest BCUT2D eigenvalue weighted by Gasteiger charge is 2.47. The van der Waals surface area contributed by atoms with Gasteiger partial charge >= 0.3 is 5.97 Å². The second kappa shape index (κ2) is 7.35. The fraction of sp³-hybridized carbons (Fsp3) is 0.556. The number of hydrogen-bond donors (Lipinski definition) is 1. The first-order valence-electron chi connectivity index (χ1n) is 8.03. The fourth-order valence-corrected chi connectivity index (χ4v) is 3.63. The van der Waals surface area contributed by atoms with Crippen LogP contribution >= 0.6 is 11.6 Å². The maximum absolute atomic E-state index is 12.5. The molecule has 0 saturated heterocycles. The zero-order valence-electron chi connectivity index (χ0n) is 13.9. The van der Waals surface area contributed by atoms with E-state index in [1.807, 2.05) is 32.0 Å². The maximum atomic E-state index is 12.5. The Bertz CT molecular complexity index is 602. The van der Waals surface area contributed by atoms with Gasteiger partial charge in [-0.1, -0.05) is 43.5 Å². The van der Waals surface area contributed by atoms with E-state index in [9.17, 15) is 9.59 Å². The standard InChI is InChI=1S/C18H24ClNO3/c1-12-7-8-14(15(19)10-12)11-16(21)20-18(17(22)23-3)9-5-4-6-13(18)2/h7-8,10,13H,4-6,9,11H2,1-3H3,(H,20,21). The minimum atomic E-state index is -0.915. The number of benzene rings is 1. The van der Waals surface area contributed by atoms with Crippen LogP contribution in [0, 0.1) is 12.8 Å². The first-order valence-corrected chi connectivity index (χ1v) is 8.41. The summed E-state index contributed by atoms with van der Waals surface area (Å²) < 4.78 is 4.97. The van der Waals surface area contributed by atoms with E-state index in [1.165, 1.54) is 7.11 Å². The summed E-state index contributed by atoms with van der Waals surface area (Å²) in [4.78, 5) is 24.8. The first-order chi connectivity index (χ1) is 10.9. The number of aryl methyl sites for hydroxylation is 1. The lowest BCUT2D eigenvalue weighted by molar-refractivity contribution is -0.155. The minimum Gasteiger partial charge on any atom is -0.467 e. The van der Waals surface area contributed by atoms with Crippen molar-refractivity contribution in [2.24, 2.45) is 5.92 Å². The highest BCUT2D eigenvalue weighted by molar-refractivity contribution is 6.31. The summed E-state index contributed by atoms with van der Waals surface area (Å²) in [6.07, 6.45) is 3.66. The average molecular weight is 338 g/mol. The van der Waals surface area contributed by atoms with Gasteiger partial charge in [-0.3, -0.25) is 4.79 Å². The molecule has 0 spiro atoms. The molecule has 0 radical (unpaired) electrons. The lowest BCUT2D eigenvalue weighted by atomic mass is 9.73. The number of ether oxygens (including phenoxy) is 1. The van der Waals surface area contributed by atoms with Crippen LogP contribution in [0.2, 0.25) is 5.02 Å². The van der Waals surface area contributed by atoms with E-state index >= 15 is 0 Å². The van der Waals surface area contributed by atoms with Crippen molar-refractivity contribution in [3.8, 4) is 0 Å².